The van der Waals surface area contributed by atoms with Gasteiger partial charge in [-0.3, -0.25) is 4.72 Å². The highest BCUT2D eigenvalue weighted by Gasteiger charge is 2.15. The van der Waals surface area contributed by atoms with Crippen molar-refractivity contribution in [2.75, 3.05) is 10.5 Å². The standard InChI is InChI=1S/C9H10N4O2S2/c1-6-4-12-9(16-6)13-17(14,15)7-2-3-8(10)11-5-7/h2-5H,1H3,(H2,10,11)(H,12,13). The zero-order valence-electron chi connectivity index (χ0n) is 8.91. The molecule has 0 aliphatic heterocycles. The number of rotatable bonds is 3. The maximum atomic E-state index is 11.9. The number of anilines is 2. The van der Waals surface area contributed by atoms with Gasteiger partial charge in [0.15, 0.2) is 5.13 Å². The highest BCUT2D eigenvalue weighted by molar-refractivity contribution is 7.93. The van der Waals surface area contributed by atoms with Crippen molar-refractivity contribution in [3.8, 4) is 0 Å². The molecule has 2 heterocycles. The minimum absolute atomic E-state index is 0.0551. The van der Waals surface area contributed by atoms with Gasteiger partial charge in [-0.25, -0.2) is 18.4 Å². The summed E-state index contributed by atoms with van der Waals surface area (Å²) in [7, 11) is -3.64. The predicted octanol–water partition coefficient (Wildman–Crippen LogP) is 1.23. The lowest BCUT2D eigenvalue weighted by molar-refractivity contribution is 0.601. The summed E-state index contributed by atoms with van der Waals surface area (Å²) in [6, 6.07) is 2.83. The molecule has 6 nitrogen and oxygen atoms in total. The highest BCUT2D eigenvalue weighted by Crippen LogP contribution is 2.20. The third-order valence-corrected chi connectivity index (χ3v) is 4.19. The van der Waals surface area contributed by atoms with Gasteiger partial charge in [-0.05, 0) is 19.1 Å². The molecule has 0 fully saturated rings. The van der Waals surface area contributed by atoms with Crippen molar-refractivity contribution in [2.24, 2.45) is 0 Å². The van der Waals surface area contributed by atoms with E-state index >= 15 is 0 Å². The van der Waals surface area contributed by atoms with Crippen molar-refractivity contribution >= 4 is 32.3 Å². The quantitative estimate of drug-likeness (QED) is 0.874. The molecule has 0 saturated carbocycles. The smallest absolute Gasteiger partial charge is 0.265 e. The van der Waals surface area contributed by atoms with Crippen molar-refractivity contribution < 1.29 is 8.42 Å². The molecule has 0 radical (unpaired) electrons. The van der Waals surface area contributed by atoms with E-state index in [4.69, 9.17) is 5.73 Å². The number of thiazole rings is 1. The van der Waals surface area contributed by atoms with Crippen LogP contribution in [0.5, 0.6) is 0 Å². The van der Waals surface area contributed by atoms with Gasteiger partial charge in [-0.1, -0.05) is 0 Å². The first-order valence-corrected chi connectivity index (χ1v) is 6.94. The van der Waals surface area contributed by atoms with E-state index in [2.05, 4.69) is 14.7 Å². The number of nitrogens with two attached hydrogens (primary N) is 1. The fourth-order valence-corrected chi connectivity index (χ4v) is 2.98. The van der Waals surface area contributed by atoms with E-state index in [1.807, 2.05) is 6.92 Å². The van der Waals surface area contributed by atoms with Gasteiger partial charge in [-0.2, -0.15) is 0 Å². The number of nitrogens with zero attached hydrogens (tertiary/aromatic N) is 2. The summed E-state index contributed by atoms with van der Waals surface area (Å²) in [5.74, 6) is 0.272. The van der Waals surface area contributed by atoms with Crippen molar-refractivity contribution in [2.45, 2.75) is 11.8 Å². The molecule has 0 aliphatic rings. The van der Waals surface area contributed by atoms with E-state index in [1.165, 1.54) is 29.7 Å². The van der Waals surface area contributed by atoms with Gasteiger partial charge >= 0.3 is 0 Å². The van der Waals surface area contributed by atoms with Crippen LogP contribution >= 0.6 is 11.3 Å². The van der Waals surface area contributed by atoms with E-state index in [9.17, 15) is 8.42 Å². The maximum Gasteiger partial charge on any atom is 0.265 e. The molecule has 2 aromatic rings. The van der Waals surface area contributed by atoms with E-state index in [1.54, 1.807) is 6.20 Å². The van der Waals surface area contributed by atoms with Gasteiger partial charge in [0.2, 0.25) is 0 Å². The van der Waals surface area contributed by atoms with E-state index in [-0.39, 0.29) is 10.7 Å². The predicted molar refractivity (Wildman–Crippen MR) is 66.3 cm³/mol. The molecule has 90 valence electrons. The number of sulfonamides is 1. The van der Waals surface area contributed by atoms with Crippen LogP contribution in [0.3, 0.4) is 0 Å². The summed E-state index contributed by atoms with van der Waals surface area (Å²) in [5, 5.41) is 0.333. The zero-order valence-corrected chi connectivity index (χ0v) is 10.5. The molecule has 0 unspecified atom stereocenters. The molecule has 0 atom stereocenters. The average molecular weight is 270 g/mol. The second kappa shape index (κ2) is 4.30. The minimum Gasteiger partial charge on any atom is -0.384 e. The first kappa shape index (κ1) is 11.8. The molecule has 0 bridgehead atoms. The van der Waals surface area contributed by atoms with Crippen LogP contribution in [0, 0.1) is 6.92 Å². The van der Waals surface area contributed by atoms with Gasteiger partial charge in [0.1, 0.15) is 10.7 Å². The van der Waals surface area contributed by atoms with Crippen LogP contribution in [0.25, 0.3) is 0 Å². The molecule has 17 heavy (non-hydrogen) atoms. The Morgan fingerprint density at radius 2 is 2.06 bits per heavy atom. The zero-order chi connectivity index (χ0) is 12.5. The van der Waals surface area contributed by atoms with Crippen molar-refractivity contribution in [3.63, 3.8) is 0 Å². The Bertz CT molecular complexity index is 619. The summed E-state index contributed by atoms with van der Waals surface area (Å²) >= 11 is 1.27. The summed E-state index contributed by atoms with van der Waals surface area (Å²) in [6.45, 7) is 1.85. The third-order valence-electron chi connectivity index (χ3n) is 1.91. The number of nitrogens with one attached hydrogen (secondary N) is 1. The van der Waals surface area contributed by atoms with Crippen LogP contribution in [0.2, 0.25) is 0 Å². The van der Waals surface area contributed by atoms with Gasteiger partial charge in [0.25, 0.3) is 10.0 Å². The molecule has 2 rings (SSSR count). The van der Waals surface area contributed by atoms with Crippen LogP contribution < -0.4 is 10.5 Å². The third kappa shape index (κ3) is 2.71. The van der Waals surface area contributed by atoms with Crippen LogP contribution in [-0.2, 0) is 10.0 Å². The Hall–Kier alpha value is -1.67. The summed E-state index contributed by atoms with van der Waals surface area (Å²) in [4.78, 5) is 8.64. The lowest BCUT2D eigenvalue weighted by Crippen LogP contribution is -2.13. The number of hydrogen-bond donors (Lipinski definition) is 2. The molecule has 0 aliphatic carbocycles. The van der Waals surface area contributed by atoms with Gasteiger partial charge < -0.3 is 5.73 Å². The van der Waals surface area contributed by atoms with Gasteiger partial charge in [-0.15, -0.1) is 11.3 Å². The van der Waals surface area contributed by atoms with Crippen molar-refractivity contribution in [1.29, 1.82) is 0 Å². The van der Waals surface area contributed by atoms with Gasteiger partial charge in [0, 0.05) is 17.3 Å². The number of aryl methyl sites for hydroxylation is 1. The molecule has 2 aromatic heterocycles. The average Bonchev–Trinajstić information content (AvgIpc) is 2.63. The SMILES string of the molecule is Cc1cnc(NS(=O)(=O)c2ccc(N)nc2)s1. The Kier molecular flexibility index (Phi) is 2.99. The van der Waals surface area contributed by atoms with Crippen molar-refractivity contribution in [1.82, 2.24) is 9.97 Å². The highest BCUT2D eigenvalue weighted by atomic mass is 32.2. The Balaban J connectivity index is 2.28. The molecule has 0 aromatic carbocycles. The van der Waals surface area contributed by atoms with Crippen LogP contribution in [-0.4, -0.2) is 18.4 Å². The molecule has 0 spiro atoms. The number of pyridine rings is 1. The first-order valence-electron chi connectivity index (χ1n) is 4.64. The molecular weight excluding hydrogens is 260 g/mol. The number of nitrogen functional groups attached to an aromatic ring is 1. The largest absolute Gasteiger partial charge is 0.384 e. The number of hydrogen-bond acceptors (Lipinski definition) is 6. The van der Waals surface area contributed by atoms with Crippen LogP contribution in [0.1, 0.15) is 4.88 Å². The summed E-state index contributed by atoms with van der Waals surface area (Å²) in [5.41, 5.74) is 5.39. The molecule has 0 saturated heterocycles. The Morgan fingerprint density at radius 3 is 2.59 bits per heavy atom. The lowest BCUT2D eigenvalue weighted by atomic mass is 10.5. The monoisotopic (exact) mass is 270 g/mol. The molecule has 8 heteroatoms. The fourth-order valence-electron chi connectivity index (χ4n) is 1.13. The summed E-state index contributed by atoms with van der Waals surface area (Å²) < 4.78 is 26.2. The second-order valence-electron chi connectivity index (χ2n) is 3.30. The molecule has 3 N–H and O–H groups in total. The Morgan fingerprint density at radius 1 is 1.29 bits per heavy atom. The lowest BCUT2D eigenvalue weighted by Gasteiger charge is -2.04. The summed E-state index contributed by atoms with van der Waals surface area (Å²) in [6.07, 6.45) is 2.81. The minimum atomic E-state index is -3.64. The van der Waals surface area contributed by atoms with E-state index in [0.717, 1.165) is 4.88 Å². The van der Waals surface area contributed by atoms with E-state index < -0.39 is 10.0 Å². The molecule has 0 amide bonds. The Labute approximate surface area is 103 Å². The normalized spacial score (nSPS) is 11.4. The topological polar surface area (TPSA) is 98.0 Å². The molecular formula is C9H10N4O2S2. The second-order valence-corrected chi connectivity index (χ2v) is 6.22. The first-order chi connectivity index (χ1) is 7.97. The fraction of sp³-hybridized carbons (Fsp3) is 0.111. The van der Waals surface area contributed by atoms with Crippen LogP contribution in [0.15, 0.2) is 29.4 Å². The number of aromatic nitrogens is 2. The van der Waals surface area contributed by atoms with Crippen molar-refractivity contribution in [3.05, 3.63) is 29.4 Å². The van der Waals surface area contributed by atoms with E-state index in [0.29, 0.717) is 5.13 Å². The van der Waals surface area contributed by atoms with Gasteiger partial charge in [0.05, 0.1) is 0 Å². The van der Waals surface area contributed by atoms with Crippen LogP contribution in [0.4, 0.5) is 10.9 Å². The maximum absolute atomic E-state index is 11.9.